The molecular weight excluding hydrogens is 208 g/mol. The highest BCUT2D eigenvalue weighted by atomic mass is 32.2. The number of hydrogen-bond donors (Lipinski definition) is 1. The average Bonchev–Trinajstić information content (AvgIpc) is 2.14. The third-order valence-electron chi connectivity index (χ3n) is 1.52. The van der Waals surface area contributed by atoms with Crippen LogP contribution in [0.5, 0.6) is 0 Å². The van der Waals surface area contributed by atoms with Crippen LogP contribution >= 0.6 is 0 Å². The van der Waals surface area contributed by atoms with Crippen LogP contribution in [0.25, 0.3) is 0 Å². The molecule has 7 heteroatoms. The van der Waals surface area contributed by atoms with Gasteiger partial charge in [0.25, 0.3) is 10.2 Å². The molecule has 0 atom stereocenters. The molecule has 0 aliphatic rings. The Bertz CT molecular complexity index is 275. The van der Waals surface area contributed by atoms with Crippen LogP contribution in [0.1, 0.15) is 13.3 Å². The van der Waals surface area contributed by atoms with Gasteiger partial charge in [-0.05, 0) is 6.42 Å². The van der Waals surface area contributed by atoms with Gasteiger partial charge in [0.2, 0.25) is 0 Å². The summed E-state index contributed by atoms with van der Waals surface area (Å²) < 4.78 is 30.3. The van der Waals surface area contributed by atoms with Crippen molar-refractivity contribution in [2.24, 2.45) is 0 Å². The number of rotatable bonds is 6. The zero-order chi connectivity index (χ0) is 11.2. The molecule has 0 aromatic heterocycles. The Morgan fingerprint density at radius 1 is 1.50 bits per heavy atom. The molecule has 0 saturated carbocycles. The lowest BCUT2D eigenvalue weighted by molar-refractivity contribution is -0.140. The lowest BCUT2D eigenvalue weighted by Gasteiger charge is -2.15. The van der Waals surface area contributed by atoms with E-state index in [4.69, 9.17) is 0 Å². The Kier molecular flexibility index (Phi) is 5.66. The minimum Gasteiger partial charge on any atom is -0.468 e. The van der Waals surface area contributed by atoms with Crippen LogP contribution < -0.4 is 4.72 Å². The summed E-state index contributed by atoms with van der Waals surface area (Å²) in [6, 6.07) is 0. The highest BCUT2D eigenvalue weighted by Gasteiger charge is 2.19. The van der Waals surface area contributed by atoms with Gasteiger partial charge in [-0.1, -0.05) is 6.92 Å². The number of nitrogens with zero attached hydrogens (tertiary/aromatic N) is 1. The fraction of sp³-hybridized carbons (Fsp3) is 0.857. The van der Waals surface area contributed by atoms with Gasteiger partial charge in [-0.3, -0.25) is 4.79 Å². The lowest BCUT2D eigenvalue weighted by Crippen LogP contribution is -2.41. The number of carbonyl (C=O) groups excluding carboxylic acids is 1. The van der Waals surface area contributed by atoms with E-state index >= 15 is 0 Å². The number of likely N-dealkylation sites (N-methyl/N-ethyl adjacent to an activating group) is 1. The fourth-order valence-electron chi connectivity index (χ4n) is 0.673. The standard InChI is InChI=1S/C7H16N2O4S/c1-4-5-8-14(11,12)9(2)6-7(10)13-3/h8H,4-6H2,1-3H3. The monoisotopic (exact) mass is 224 g/mol. The molecule has 6 nitrogen and oxygen atoms in total. The predicted octanol–water partition coefficient (Wildman–Crippen LogP) is -0.664. The fourth-order valence-corrected chi connectivity index (χ4v) is 1.63. The van der Waals surface area contributed by atoms with Crippen molar-refractivity contribution in [2.75, 3.05) is 27.2 Å². The molecule has 0 aromatic rings. The Balaban J connectivity index is 4.21. The largest absolute Gasteiger partial charge is 0.468 e. The van der Waals surface area contributed by atoms with E-state index in [2.05, 4.69) is 9.46 Å². The number of methoxy groups -OCH3 is 1. The van der Waals surface area contributed by atoms with Crippen molar-refractivity contribution in [1.29, 1.82) is 0 Å². The van der Waals surface area contributed by atoms with Gasteiger partial charge in [0, 0.05) is 13.6 Å². The van der Waals surface area contributed by atoms with Gasteiger partial charge in [-0.2, -0.15) is 12.7 Å². The summed E-state index contributed by atoms with van der Waals surface area (Å²) in [5.74, 6) is -0.589. The van der Waals surface area contributed by atoms with Crippen molar-refractivity contribution in [2.45, 2.75) is 13.3 Å². The van der Waals surface area contributed by atoms with Crippen molar-refractivity contribution in [3.63, 3.8) is 0 Å². The first-order valence-corrected chi connectivity index (χ1v) is 5.65. The molecule has 14 heavy (non-hydrogen) atoms. The van der Waals surface area contributed by atoms with E-state index < -0.39 is 16.2 Å². The third kappa shape index (κ3) is 4.54. The second kappa shape index (κ2) is 5.94. The minimum atomic E-state index is -3.55. The van der Waals surface area contributed by atoms with Crippen molar-refractivity contribution in [3.8, 4) is 0 Å². The van der Waals surface area contributed by atoms with E-state index in [0.717, 1.165) is 4.31 Å². The molecule has 84 valence electrons. The highest BCUT2D eigenvalue weighted by Crippen LogP contribution is 1.94. The zero-order valence-corrected chi connectivity index (χ0v) is 9.43. The molecule has 0 unspecified atom stereocenters. The first-order valence-electron chi connectivity index (χ1n) is 4.21. The maximum absolute atomic E-state index is 11.3. The normalized spacial score (nSPS) is 11.7. The Hall–Kier alpha value is -0.660. The Morgan fingerprint density at radius 2 is 2.07 bits per heavy atom. The molecule has 0 heterocycles. The SMILES string of the molecule is CCCNS(=O)(=O)N(C)CC(=O)OC. The quantitative estimate of drug-likeness (QED) is 0.607. The molecular formula is C7H16N2O4S. The molecule has 0 aromatic carbocycles. The second-order valence-electron chi connectivity index (χ2n) is 2.73. The number of esters is 1. The number of nitrogens with one attached hydrogen (secondary N) is 1. The minimum absolute atomic E-state index is 0.282. The first-order chi connectivity index (χ1) is 6.44. The van der Waals surface area contributed by atoms with E-state index in [1.165, 1.54) is 14.2 Å². The van der Waals surface area contributed by atoms with E-state index in [-0.39, 0.29) is 6.54 Å². The van der Waals surface area contributed by atoms with Crippen LogP contribution in [0, 0.1) is 0 Å². The van der Waals surface area contributed by atoms with Gasteiger partial charge in [0.05, 0.1) is 7.11 Å². The van der Waals surface area contributed by atoms with Crippen LogP contribution in [-0.4, -0.2) is 45.9 Å². The first kappa shape index (κ1) is 13.3. The summed E-state index contributed by atoms with van der Waals surface area (Å²) in [4.78, 5) is 10.8. The molecule has 1 N–H and O–H groups in total. The molecule has 0 fully saturated rings. The van der Waals surface area contributed by atoms with Crippen LogP contribution in [0.15, 0.2) is 0 Å². The van der Waals surface area contributed by atoms with Crippen molar-refractivity contribution >= 4 is 16.2 Å². The molecule has 0 amide bonds. The molecule has 0 spiro atoms. The van der Waals surface area contributed by atoms with Gasteiger partial charge >= 0.3 is 5.97 Å². The van der Waals surface area contributed by atoms with Crippen molar-refractivity contribution in [3.05, 3.63) is 0 Å². The molecule has 0 radical (unpaired) electrons. The van der Waals surface area contributed by atoms with Crippen LogP contribution in [0.4, 0.5) is 0 Å². The van der Waals surface area contributed by atoms with E-state index in [1.54, 1.807) is 0 Å². The topological polar surface area (TPSA) is 75.7 Å². The molecule has 0 rings (SSSR count). The zero-order valence-electron chi connectivity index (χ0n) is 8.61. The predicted molar refractivity (Wildman–Crippen MR) is 51.9 cm³/mol. The number of ether oxygens (including phenoxy) is 1. The van der Waals surface area contributed by atoms with E-state index in [0.29, 0.717) is 13.0 Å². The van der Waals surface area contributed by atoms with Gasteiger partial charge in [-0.25, -0.2) is 4.72 Å². The Labute approximate surface area is 84.4 Å². The second-order valence-corrected chi connectivity index (χ2v) is 4.59. The highest BCUT2D eigenvalue weighted by molar-refractivity contribution is 7.87. The third-order valence-corrected chi connectivity index (χ3v) is 3.04. The van der Waals surface area contributed by atoms with Gasteiger partial charge in [0.15, 0.2) is 0 Å². The van der Waals surface area contributed by atoms with Crippen LogP contribution in [0.2, 0.25) is 0 Å². The molecule has 0 bridgehead atoms. The maximum atomic E-state index is 11.3. The summed E-state index contributed by atoms with van der Waals surface area (Å²) >= 11 is 0. The summed E-state index contributed by atoms with van der Waals surface area (Å²) in [6.45, 7) is 1.92. The maximum Gasteiger partial charge on any atom is 0.321 e. The van der Waals surface area contributed by atoms with Gasteiger partial charge in [-0.15, -0.1) is 0 Å². The van der Waals surface area contributed by atoms with Crippen molar-refractivity contribution < 1.29 is 17.9 Å². The van der Waals surface area contributed by atoms with E-state index in [9.17, 15) is 13.2 Å². The lowest BCUT2D eigenvalue weighted by atomic mass is 10.5. The van der Waals surface area contributed by atoms with Crippen LogP contribution in [-0.2, 0) is 19.7 Å². The molecule has 0 aliphatic carbocycles. The summed E-state index contributed by atoms with van der Waals surface area (Å²) in [5, 5.41) is 0. The summed E-state index contributed by atoms with van der Waals surface area (Å²) in [5.41, 5.74) is 0. The molecule has 0 aliphatic heterocycles. The number of carbonyl (C=O) groups is 1. The molecule has 0 saturated heterocycles. The van der Waals surface area contributed by atoms with Gasteiger partial charge in [0.1, 0.15) is 6.54 Å². The van der Waals surface area contributed by atoms with Crippen molar-refractivity contribution in [1.82, 2.24) is 9.03 Å². The number of hydrogen-bond acceptors (Lipinski definition) is 4. The summed E-state index contributed by atoms with van der Waals surface area (Å²) in [7, 11) is -1.02. The smallest absolute Gasteiger partial charge is 0.321 e. The Morgan fingerprint density at radius 3 is 2.50 bits per heavy atom. The van der Waals surface area contributed by atoms with E-state index in [1.807, 2.05) is 6.92 Å². The average molecular weight is 224 g/mol. The van der Waals surface area contributed by atoms with Crippen LogP contribution in [0.3, 0.4) is 0 Å². The summed E-state index contributed by atoms with van der Waals surface area (Å²) in [6.07, 6.45) is 0.700. The van der Waals surface area contributed by atoms with Gasteiger partial charge < -0.3 is 4.74 Å².